The van der Waals surface area contributed by atoms with Crippen LogP contribution in [0.25, 0.3) is 0 Å². The summed E-state index contributed by atoms with van der Waals surface area (Å²) >= 11 is 0. The molecule has 2 N–H and O–H groups in total. The summed E-state index contributed by atoms with van der Waals surface area (Å²) in [6.45, 7) is 9.79. The number of carbonyl (C=O) groups is 1. The van der Waals surface area contributed by atoms with Gasteiger partial charge in [0.2, 0.25) is 0 Å². The van der Waals surface area contributed by atoms with Gasteiger partial charge in [-0.15, -0.1) is 0 Å². The maximum atomic E-state index is 11.9. The second-order valence-corrected chi connectivity index (χ2v) is 5.20. The van der Waals surface area contributed by atoms with Crippen molar-refractivity contribution >= 4 is 5.91 Å². The van der Waals surface area contributed by atoms with Crippen molar-refractivity contribution in [2.24, 2.45) is 5.92 Å². The Morgan fingerprint density at radius 1 is 1.37 bits per heavy atom. The van der Waals surface area contributed by atoms with E-state index < -0.39 is 11.5 Å². The van der Waals surface area contributed by atoms with Gasteiger partial charge in [0.1, 0.15) is 11.4 Å². The Labute approximate surface area is 112 Å². The first-order valence-electron chi connectivity index (χ1n) is 6.35. The van der Waals surface area contributed by atoms with E-state index in [0.29, 0.717) is 24.0 Å². The van der Waals surface area contributed by atoms with Crippen molar-refractivity contribution in [2.75, 3.05) is 6.61 Å². The highest BCUT2D eigenvalue weighted by Gasteiger charge is 2.17. The van der Waals surface area contributed by atoms with Gasteiger partial charge >= 0.3 is 0 Å². The average molecular weight is 267 g/mol. The molecule has 0 aliphatic heterocycles. The summed E-state index contributed by atoms with van der Waals surface area (Å²) in [6.07, 6.45) is 0. The van der Waals surface area contributed by atoms with Crippen LogP contribution < -0.4 is 11.0 Å². The molecule has 0 aliphatic carbocycles. The lowest BCUT2D eigenvalue weighted by atomic mass is 10.1. The zero-order valence-electron chi connectivity index (χ0n) is 12.0. The Morgan fingerprint density at radius 3 is 2.47 bits per heavy atom. The van der Waals surface area contributed by atoms with Crippen LogP contribution in [0, 0.1) is 12.8 Å². The largest absolute Gasteiger partial charge is 0.310 e. The van der Waals surface area contributed by atoms with Gasteiger partial charge in [0.25, 0.3) is 11.5 Å². The minimum Gasteiger partial charge on any atom is -0.310 e. The first kappa shape index (κ1) is 15.4. The first-order valence-corrected chi connectivity index (χ1v) is 6.35. The lowest BCUT2D eigenvalue weighted by Gasteiger charge is -2.10. The molecule has 0 fully saturated rings. The maximum Gasteiger partial charge on any atom is 0.282 e. The summed E-state index contributed by atoms with van der Waals surface area (Å²) in [4.78, 5) is 35.6. The second kappa shape index (κ2) is 6.47. The van der Waals surface area contributed by atoms with Crippen LogP contribution in [-0.2, 0) is 4.84 Å². The first-order chi connectivity index (χ1) is 8.82. The van der Waals surface area contributed by atoms with Crippen molar-refractivity contribution in [3.05, 3.63) is 27.4 Å². The number of hydrogen-bond acceptors (Lipinski definition) is 4. The number of rotatable bonds is 5. The van der Waals surface area contributed by atoms with Crippen LogP contribution >= 0.6 is 0 Å². The van der Waals surface area contributed by atoms with Crippen LogP contribution in [0.1, 0.15) is 55.5 Å². The highest BCUT2D eigenvalue weighted by molar-refractivity contribution is 5.94. The van der Waals surface area contributed by atoms with Gasteiger partial charge in [-0.25, -0.2) is 10.5 Å². The highest BCUT2D eigenvalue weighted by atomic mass is 16.6. The van der Waals surface area contributed by atoms with Gasteiger partial charge in [-0.1, -0.05) is 27.7 Å². The molecule has 0 bridgehead atoms. The zero-order valence-corrected chi connectivity index (χ0v) is 12.0. The van der Waals surface area contributed by atoms with Crippen LogP contribution in [0.3, 0.4) is 0 Å². The second-order valence-electron chi connectivity index (χ2n) is 5.20. The molecule has 0 saturated carbocycles. The van der Waals surface area contributed by atoms with Gasteiger partial charge in [0.05, 0.1) is 12.3 Å². The molecule has 19 heavy (non-hydrogen) atoms. The molecule has 0 spiro atoms. The van der Waals surface area contributed by atoms with E-state index in [1.165, 1.54) is 0 Å². The Kier molecular flexibility index (Phi) is 5.23. The summed E-state index contributed by atoms with van der Waals surface area (Å²) in [6, 6.07) is 0. The fourth-order valence-electron chi connectivity index (χ4n) is 1.47. The van der Waals surface area contributed by atoms with Crippen LogP contribution in [-0.4, -0.2) is 22.5 Å². The predicted octanol–water partition coefficient (Wildman–Crippen LogP) is 1.52. The third kappa shape index (κ3) is 4.17. The number of aromatic nitrogens is 2. The summed E-state index contributed by atoms with van der Waals surface area (Å²) in [5.41, 5.74) is 2.21. The molecule has 6 nitrogen and oxygen atoms in total. The van der Waals surface area contributed by atoms with E-state index in [4.69, 9.17) is 4.84 Å². The maximum absolute atomic E-state index is 11.9. The molecule has 0 radical (unpaired) electrons. The van der Waals surface area contributed by atoms with E-state index in [2.05, 4.69) is 15.4 Å². The molecule has 1 amide bonds. The predicted molar refractivity (Wildman–Crippen MR) is 71.9 cm³/mol. The van der Waals surface area contributed by atoms with Crippen molar-refractivity contribution in [3.8, 4) is 0 Å². The molecular formula is C13H21N3O3. The van der Waals surface area contributed by atoms with E-state index in [1.807, 2.05) is 27.7 Å². The summed E-state index contributed by atoms with van der Waals surface area (Å²) in [7, 11) is 0. The van der Waals surface area contributed by atoms with Gasteiger partial charge in [-0.3, -0.25) is 14.4 Å². The minimum atomic E-state index is -0.567. The molecule has 1 heterocycles. The molecule has 1 aromatic rings. The molecular weight excluding hydrogens is 246 g/mol. The van der Waals surface area contributed by atoms with Gasteiger partial charge in [-0.2, -0.15) is 0 Å². The van der Waals surface area contributed by atoms with Crippen molar-refractivity contribution in [1.29, 1.82) is 0 Å². The van der Waals surface area contributed by atoms with E-state index in [9.17, 15) is 9.59 Å². The SMILES string of the molecule is Cc1nc(C(C)C)[nH]c(=O)c1C(=O)NOCC(C)C. The Bertz CT molecular complexity index is 506. The van der Waals surface area contributed by atoms with Crippen LogP contribution in [0.4, 0.5) is 0 Å². The highest BCUT2D eigenvalue weighted by Crippen LogP contribution is 2.08. The van der Waals surface area contributed by atoms with E-state index in [-0.39, 0.29) is 11.5 Å². The third-order valence-corrected chi connectivity index (χ3v) is 2.47. The quantitative estimate of drug-likeness (QED) is 0.792. The molecule has 0 aliphatic rings. The number of hydroxylamine groups is 1. The molecule has 0 aromatic carbocycles. The van der Waals surface area contributed by atoms with Gasteiger partial charge in [0, 0.05) is 5.92 Å². The number of amides is 1. The summed E-state index contributed by atoms with van der Waals surface area (Å²) in [5.74, 6) is 0.395. The third-order valence-electron chi connectivity index (χ3n) is 2.47. The van der Waals surface area contributed by atoms with Gasteiger partial charge in [0.15, 0.2) is 0 Å². The minimum absolute atomic E-state index is 0.00634. The zero-order chi connectivity index (χ0) is 14.6. The Morgan fingerprint density at radius 2 is 2.00 bits per heavy atom. The molecule has 106 valence electrons. The number of H-pyrrole nitrogens is 1. The number of carbonyl (C=O) groups excluding carboxylic acids is 1. The number of hydrogen-bond donors (Lipinski definition) is 2. The Balaban J connectivity index is 2.89. The fourth-order valence-corrected chi connectivity index (χ4v) is 1.47. The number of aromatic amines is 1. The van der Waals surface area contributed by atoms with E-state index in [1.54, 1.807) is 6.92 Å². The topological polar surface area (TPSA) is 84.1 Å². The number of nitrogens with zero attached hydrogens (tertiary/aromatic N) is 1. The van der Waals surface area contributed by atoms with Gasteiger partial charge < -0.3 is 4.98 Å². The lowest BCUT2D eigenvalue weighted by molar-refractivity contribution is 0.0206. The lowest BCUT2D eigenvalue weighted by Crippen LogP contribution is -2.33. The van der Waals surface area contributed by atoms with Crippen molar-refractivity contribution < 1.29 is 9.63 Å². The molecule has 1 rings (SSSR count). The summed E-state index contributed by atoms with van der Waals surface area (Å²) in [5, 5.41) is 0. The molecule has 6 heteroatoms. The smallest absolute Gasteiger partial charge is 0.282 e. The molecule has 1 aromatic heterocycles. The normalized spacial score (nSPS) is 11.1. The number of nitrogens with one attached hydrogen (secondary N) is 2. The van der Waals surface area contributed by atoms with Crippen LogP contribution in [0.2, 0.25) is 0 Å². The molecule has 0 atom stereocenters. The molecule has 0 saturated heterocycles. The van der Waals surface area contributed by atoms with Crippen molar-refractivity contribution in [3.63, 3.8) is 0 Å². The van der Waals surface area contributed by atoms with E-state index in [0.717, 1.165) is 0 Å². The van der Waals surface area contributed by atoms with Crippen LogP contribution in [0.5, 0.6) is 0 Å². The monoisotopic (exact) mass is 267 g/mol. The number of aryl methyl sites for hydroxylation is 1. The standard InChI is InChI=1S/C13H21N3O3/c1-7(2)6-19-16-13(18)10-9(5)14-11(8(3)4)15-12(10)17/h7-8H,6H2,1-5H3,(H,16,18)(H,14,15,17). The van der Waals surface area contributed by atoms with Gasteiger partial charge in [-0.05, 0) is 12.8 Å². The van der Waals surface area contributed by atoms with E-state index >= 15 is 0 Å². The summed E-state index contributed by atoms with van der Waals surface area (Å²) < 4.78 is 0. The van der Waals surface area contributed by atoms with Crippen molar-refractivity contribution in [1.82, 2.24) is 15.4 Å². The fraction of sp³-hybridized carbons (Fsp3) is 0.615. The average Bonchev–Trinajstić information content (AvgIpc) is 2.27. The Hall–Kier alpha value is -1.69. The molecule has 0 unspecified atom stereocenters. The van der Waals surface area contributed by atoms with Crippen LogP contribution in [0.15, 0.2) is 4.79 Å². The van der Waals surface area contributed by atoms with Crippen molar-refractivity contribution in [2.45, 2.75) is 40.5 Å².